The van der Waals surface area contributed by atoms with Gasteiger partial charge in [0.15, 0.2) is 0 Å². The lowest BCUT2D eigenvalue weighted by Crippen LogP contribution is -2.08. The van der Waals surface area contributed by atoms with Crippen molar-refractivity contribution >= 4 is 0 Å². The Morgan fingerprint density at radius 2 is 1.93 bits per heavy atom. The molecule has 0 saturated heterocycles. The highest BCUT2D eigenvalue weighted by Crippen LogP contribution is 2.15. The number of nitrogens with two attached hydrogens (primary N) is 1. The van der Waals surface area contributed by atoms with Crippen molar-refractivity contribution in [3.8, 4) is 0 Å². The lowest BCUT2D eigenvalue weighted by atomic mass is 9.99. The largest absolute Gasteiger partial charge is 0.330 e. The molecule has 1 aromatic carbocycles. The monoisotopic (exact) mass is 195 g/mol. The Kier molecular flexibility index (Phi) is 4.60. The Bertz CT molecular complexity index is 256. The van der Waals surface area contributed by atoms with Crippen molar-refractivity contribution in [2.75, 3.05) is 13.2 Å². The van der Waals surface area contributed by atoms with E-state index in [4.69, 9.17) is 5.73 Å². The number of hydrogen-bond donors (Lipinski definition) is 1. The molecule has 0 bridgehead atoms. The third-order valence-corrected chi connectivity index (χ3v) is 2.50. The fraction of sp³-hybridized carbons (Fsp3) is 0.500. The summed E-state index contributed by atoms with van der Waals surface area (Å²) in [7, 11) is 0. The van der Waals surface area contributed by atoms with Crippen molar-refractivity contribution in [2.24, 2.45) is 5.73 Å². The maximum absolute atomic E-state index is 11.9. The van der Waals surface area contributed by atoms with Gasteiger partial charge in [-0.15, -0.1) is 0 Å². The van der Waals surface area contributed by atoms with Crippen LogP contribution >= 0.6 is 0 Å². The van der Waals surface area contributed by atoms with E-state index in [-0.39, 0.29) is 6.67 Å². The normalized spacial score (nSPS) is 12.8. The van der Waals surface area contributed by atoms with E-state index in [1.54, 1.807) is 0 Å². The van der Waals surface area contributed by atoms with Gasteiger partial charge in [-0.25, -0.2) is 0 Å². The third kappa shape index (κ3) is 3.11. The van der Waals surface area contributed by atoms with Crippen LogP contribution in [0.2, 0.25) is 0 Å². The van der Waals surface area contributed by atoms with Crippen molar-refractivity contribution in [2.45, 2.75) is 25.7 Å². The molecule has 78 valence electrons. The van der Waals surface area contributed by atoms with Crippen LogP contribution in [0.4, 0.5) is 4.39 Å². The van der Waals surface area contributed by atoms with Crippen molar-refractivity contribution < 1.29 is 4.39 Å². The van der Waals surface area contributed by atoms with Crippen LogP contribution in [-0.2, 0) is 6.42 Å². The highest BCUT2D eigenvalue weighted by atomic mass is 19.1. The highest BCUT2D eigenvalue weighted by molar-refractivity contribution is 5.25. The number of aryl methyl sites for hydroxylation is 1. The van der Waals surface area contributed by atoms with Crippen LogP contribution in [0, 0.1) is 0 Å². The summed E-state index contributed by atoms with van der Waals surface area (Å²) in [6, 6.07) is 8.31. The molecule has 14 heavy (non-hydrogen) atoms. The van der Waals surface area contributed by atoms with Crippen molar-refractivity contribution in [1.29, 1.82) is 0 Å². The molecule has 1 rings (SSSR count). The van der Waals surface area contributed by atoms with Gasteiger partial charge in [-0.2, -0.15) is 0 Å². The first-order valence-corrected chi connectivity index (χ1v) is 5.12. The summed E-state index contributed by atoms with van der Waals surface area (Å²) in [5.41, 5.74) is 8.04. The molecule has 1 atom stereocenters. The molecule has 1 nitrogen and oxygen atoms in total. The number of hydrogen-bond acceptors (Lipinski definition) is 1. The van der Waals surface area contributed by atoms with Crippen LogP contribution in [0.15, 0.2) is 24.3 Å². The van der Waals surface area contributed by atoms with Crippen LogP contribution in [0.5, 0.6) is 0 Å². The first-order valence-electron chi connectivity index (χ1n) is 5.12. The molecule has 0 spiro atoms. The molecule has 0 heterocycles. The Morgan fingerprint density at radius 1 is 1.29 bits per heavy atom. The zero-order valence-electron chi connectivity index (χ0n) is 8.67. The first kappa shape index (κ1) is 11.2. The fourth-order valence-electron chi connectivity index (χ4n) is 1.42. The van der Waals surface area contributed by atoms with E-state index in [1.165, 1.54) is 11.1 Å². The van der Waals surface area contributed by atoms with Gasteiger partial charge in [0.2, 0.25) is 0 Å². The Morgan fingerprint density at radius 3 is 2.43 bits per heavy atom. The van der Waals surface area contributed by atoms with Gasteiger partial charge in [-0.05, 0) is 36.4 Å². The van der Waals surface area contributed by atoms with E-state index in [0.29, 0.717) is 18.9 Å². The number of halogens is 1. The lowest BCUT2D eigenvalue weighted by molar-refractivity contribution is 0.473. The summed E-state index contributed by atoms with van der Waals surface area (Å²) in [6.45, 7) is 2.54. The second-order valence-electron chi connectivity index (χ2n) is 3.67. The second-order valence-corrected chi connectivity index (χ2v) is 3.67. The SMILES string of the molecule is CC(CN)c1ccc(CCCF)cc1. The second kappa shape index (κ2) is 5.76. The van der Waals surface area contributed by atoms with E-state index >= 15 is 0 Å². The zero-order valence-corrected chi connectivity index (χ0v) is 8.67. The molecule has 0 aliphatic heterocycles. The van der Waals surface area contributed by atoms with Gasteiger partial charge in [0, 0.05) is 0 Å². The van der Waals surface area contributed by atoms with Crippen LogP contribution in [0.3, 0.4) is 0 Å². The maximum atomic E-state index is 11.9. The average Bonchev–Trinajstić information content (AvgIpc) is 2.26. The lowest BCUT2D eigenvalue weighted by Gasteiger charge is -2.09. The summed E-state index contributed by atoms with van der Waals surface area (Å²) in [6.07, 6.45) is 1.44. The fourth-order valence-corrected chi connectivity index (χ4v) is 1.42. The Balaban J connectivity index is 2.59. The minimum absolute atomic E-state index is 0.235. The molecule has 1 unspecified atom stereocenters. The molecule has 0 aliphatic carbocycles. The summed E-state index contributed by atoms with van der Waals surface area (Å²) in [5.74, 6) is 0.408. The smallest absolute Gasteiger partial charge is 0.0897 e. The minimum Gasteiger partial charge on any atom is -0.330 e. The molecule has 2 heteroatoms. The highest BCUT2D eigenvalue weighted by Gasteiger charge is 2.02. The Hall–Kier alpha value is -0.890. The van der Waals surface area contributed by atoms with E-state index < -0.39 is 0 Å². The molecule has 1 aromatic rings. The molecule has 0 amide bonds. The van der Waals surface area contributed by atoms with Crippen LogP contribution in [-0.4, -0.2) is 13.2 Å². The van der Waals surface area contributed by atoms with Gasteiger partial charge >= 0.3 is 0 Å². The summed E-state index contributed by atoms with van der Waals surface area (Å²) < 4.78 is 11.9. The van der Waals surface area contributed by atoms with Crippen molar-refractivity contribution in [3.05, 3.63) is 35.4 Å². The van der Waals surface area contributed by atoms with Gasteiger partial charge in [0.05, 0.1) is 6.67 Å². The van der Waals surface area contributed by atoms with E-state index in [2.05, 4.69) is 31.2 Å². The van der Waals surface area contributed by atoms with Gasteiger partial charge < -0.3 is 5.73 Å². The molecule has 0 fully saturated rings. The number of alkyl halides is 1. The zero-order chi connectivity index (χ0) is 10.4. The van der Waals surface area contributed by atoms with E-state index in [0.717, 1.165) is 6.42 Å². The minimum atomic E-state index is -0.235. The summed E-state index contributed by atoms with van der Waals surface area (Å²) >= 11 is 0. The van der Waals surface area contributed by atoms with Crippen LogP contribution < -0.4 is 5.73 Å². The topological polar surface area (TPSA) is 26.0 Å². The number of rotatable bonds is 5. The third-order valence-electron chi connectivity index (χ3n) is 2.50. The van der Waals surface area contributed by atoms with Crippen LogP contribution in [0.25, 0.3) is 0 Å². The van der Waals surface area contributed by atoms with Crippen LogP contribution in [0.1, 0.15) is 30.4 Å². The Labute approximate surface area is 85.1 Å². The predicted molar refractivity (Wildman–Crippen MR) is 58.2 cm³/mol. The molecule has 0 aliphatic rings. The summed E-state index contributed by atoms with van der Waals surface area (Å²) in [4.78, 5) is 0. The quantitative estimate of drug-likeness (QED) is 0.768. The van der Waals surface area contributed by atoms with E-state index in [9.17, 15) is 4.39 Å². The molecule has 0 saturated carbocycles. The van der Waals surface area contributed by atoms with E-state index in [1.807, 2.05) is 0 Å². The molecular formula is C12H18FN. The van der Waals surface area contributed by atoms with Gasteiger partial charge in [0.1, 0.15) is 0 Å². The van der Waals surface area contributed by atoms with Crippen molar-refractivity contribution in [3.63, 3.8) is 0 Å². The van der Waals surface area contributed by atoms with Gasteiger partial charge in [-0.3, -0.25) is 4.39 Å². The van der Waals surface area contributed by atoms with Crippen molar-refractivity contribution in [1.82, 2.24) is 0 Å². The molecule has 2 N–H and O–H groups in total. The number of benzene rings is 1. The predicted octanol–water partition coefficient (Wildman–Crippen LogP) is 2.65. The molecule has 0 aromatic heterocycles. The van der Waals surface area contributed by atoms with Gasteiger partial charge in [-0.1, -0.05) is 31.2 Å². The first-order chi connectivity index (χ1) is 6.77. The summed E-state index contributed by atoms with van der Waals surface area (Å²) in [5, 5.41) is 0. The molecule has 0 radical (unpaired) electrons. The molecular weight excluding hydrogens is 177 g/mol. The average molecular weight is 195 g/mol. The maximum Gasteiger partial charge on any atom is 0.0897 e. The standard InChI is InChI=1S/C12H18FN/c1-10(9-14)12-6-4-11(5-7-12)3-2-8-13/h4-7,10H,2-3,8-9,14H2,1H3. The van der Waals surface area contributed by atoms with Gasteiger partial charge in [0.25, 0.3) is 0 Å².